The van der Waals surface area contributed by atoms with Crippen molar-refractivity contribution in [3.05, 3.63) is 0 Å². The second-order valence-corrected chi connectivity index (χ2v) is 4.49. The van der Waals surface area contributed by atoms with Gasteiger partial charge in [0.15, 0.2) is 0 Å². The van der Waals surface area contributed by atoms with Crippen LogP contribution in [0.2, 0.25) is 0 Å². The van der Waals surface area contributed by atoms with E-state index in [0.717, 1.165) is 25.8 Å². The lowest BCUT2D eigenvalue weighted by molar-refractivity contribution is -0.142. The minimum absolute atomic E-state index is 0. The molecule has 2 fully saturated rings. The number of hydrogen-bond acceptors (Lipinski definition) is 4. The number of carbonyl (C=O) groups excluding carboxylic acids is 1. The summed E-state index contributed by atoms with van der Waals surface area (Å²) in [5.74, 6) is 0.107. The van der Waals surface area contributed by atoms with Crippen LogP contribution in [0.25, 0.3) is 0 Å². The zero-order valence-corrected chi connectivity index (χ0v) is 10.9. The molecular weight excluding hydrogens is 244 g/mol. The zero-order chi connectivity index (χ0) is 11.5. The summed E-state index contributed by atoms with van der Waals surface area (Å²) in [4.78, 5) is 13.9. The molecule has 0 aromatic carbocycles. The maximum absolute atomic E-state index is 12.1. The molecule has 2 rings (SSSR count). The second-order valence-electron chi connectivity index (χ2n) is 4.49. The van der Waals surface area contributed by atoms with Gasteiger partial charge in [0.05, 0.1) is 12.2 Å². The van der Waals surface area contributed by atoms with Crippen molar-refractivity contribution in [2.45, 2.75) is 37.6 Å². The predicted octanol–water partition coefficient (Wildman–Crippen LogP) is 0.162. The zero-order valence-electron chi connectivity index (χ0n) is 10.1. The Hall–Kier alpha value is -0.360. The molecule has 2 N–H and O–H groups in total. The minimum atomic E-state index is -0.274. The van der Waals surface area contributed by atoms with Crippen LogP contribution >= 0.6 is 12.4 Å². The summed E-state index contributed by atoms with van der Waals surface area (Å²) in [7, 11) is 1.69. The fourth-order valence-electron chi connectivity index (χ4n) is 2.39. The number of nitrogens with zero attached hydrogens (tertiary/aromatic N) is 1. The Bertz CT molecular complexity index is 241. The van der Waals surface area contributed by atoms with Gasteiger partial charge in [-0.05, 0) is 19.3 Å². The van der Waals surface area contributed by atoms with Crippen molar-refractivity contribution in [1.29, 1.82) is 0 Å². The fraction of sp³-hybridized carbons (Fsp3) is 0.909. The lowest BCUT2D eigenvalue weighted by Crippen LogP contribution is -2.38. The highest BCUT2D eigenvalue weighted by atomic mass is 35.5. The summed E-state index contributed by atoms with van der Waals surface area (Å²) in [6.45, 7) is 1.98. The van der Waals surface area contributed by atoms with Crippen molar-refractivity contribution >= 4 is 18.3 Å². The van der Waals surface area contributed by atoms with Crippen molar-refractivity contribution in [2.75, 3.05) is 26.7 Å². The molecule has 0 aromatic heterocycles. The minimum Gasteiger partial charge on any atom is -0.380 e. The fourth-order valence-corrected chi connectivity index (χ4v) is 2.39. The number of amides is 1. The van der Waals surface area contributed by atoms with Gasteiger partial charge < -0.3 is 20.1 Å². The van der Waals surface area contributed by atoms with Gasteiger partial charge in [0.1, 0.15) is 6.10 Å². The molecule has 0 radical (unpaired) electrons. The van der Waals surface area contributed by atoms with E-state index < -0.39 is 0 Å². The van der Waals surface area contributed by atoms with Crippen LogP contribution in [0.15, 0.2) is 0 Å². The van der Waals surface area contributed by atoms with E-state index in [1.165, 1.54) is 0 Å². The van der Waals surface area contributed by atoms with Crippen LogP contribution in [0.3, 0.4) is 0 Å². The molecule has 2 aliphatic heterocycles. The predicted molar refractivity (Wildman–Crippen MR) is 66.2 cm³/mol. The van der Waals surface area contributed by atoms with E-state index in [2.05, 4.69) is 0 Å². The van der Waals surface area contributed by atoms with Crippen molar-refractivity contribution in [3.63, 3.8) is 0 Å². The Morgan fingerprint density at radius 3 is 2.76 bits per heavy atom. The highest BCUT2D eigenvalue weighted by molar-refractivity contribution is 5.85. The SMILES string of the molecule is CO[C@H]1CCN(C(=O)[C@@H]2CC[C@H](CN)O2)C1.Cl. The number of hydrogen-bond donors (Lipinski definition) is 1. The molecule has 2 heterocycles. The van der Waals surface area contributed by atoms with Crippen LogP contribution in [0.4, 0.5) is 0 Å². The van der Waals surface area contributed by atoms with Gasteiger partial charge in [0, 0.05) is 26.7 Å². The normalized spacial score (nSPS) is 32.6. The van der Waals surface area contributed by atoms with E-state index in [4.69, 9.17) is 15.2 Å². The first-order valence-corrected chi connectivity index (χ1v) is 5.91. The Labute approximate surface area is 108 Å². The third kappa shape index (κ3) is 3.31. The second kappa shape index (κ2) is 6.54. The molecule has 0 saturated carbocycles. The van der Waals surface area contributed by atoms with E-state index in [1.54, 1.807) is 7.11 Å². The van der Waals surface area contributed by atoms with Gasteiger partial charge in [-0.1, -0.05) is 0 Å². The first kappa shape index (κ1) is 14.7. The topological polar surface area (TPSA) is 64.8 Å². The van der Waals surface area contributed by atoms with E-state index in [-0.39, 0.29) is 36.6 Å². The maximum Gasteiger partial charge on any atom is 0.251 e. The molecule has 0 aliphatic carbocycles. The largest absolute Gasteiger partial charge is 0.380 e. The molecule has 6 heteroatoms. The quantitative estimate of drug-likeness (QED) is 0.789. The Morgan fingerprint density at radius 2 is 2.24 bits per heavy atom. The third-order valence-corrected chi connectivity index (χ3v) is 3.44. The van der Waals surface area contributed by atoms with Crippen LogP contribution in [-0.4, -0.2) is 55.9 Å². The number of halogens is 1. The molecule has 0 spiro atoms. The number of rotatable bonds is 3. The molecule has 3 atom stereocenters. The van der Waals surface area contributed by atoms with Gasteiger partial charge in [-0.25, -0.2) is 0 Å². The van der Waals surface area contributed by atoms with Crippen molar-refractivity contribution in [3.8, 4) is 0 Å². The maximum atomic E-state index is 12.1. The van der Waals surface area contributed by atoms with Gasteiger partial charge in [0.2, 0.25) is 0 Å². The molecule has 2 aliphatic rings. The smallest absolute Gasteiger partial charge is 0.251 e. The Morgan fingerprint density at radius 1 is 1.47 bits per heavy atom. The summed E-state index contributed by atoms with van der Waals surface area (Å²) in [6, 6.07) is 0. The first-order chi connectivity index (χ1) is 7.74. The Kier molecular flexibility index (Phi) is 5.66. The average Bonchev–Trinajstić information content (AvgIpc) is 2.97. The van der Waals surface area contributed by atoms with Crippen LogP contribution < -0.4 is 5.73 Å². The van der Waals surface area contributed by atoms with Crippen LogP contribution in [0.1, 0.15) is 19.3 Å². The molecule has 17 heavy (non-hydrogen) atoms. The molecular formula is C11H21ClN2O3. The van der Waals surface area contributed by atoms with Crippen molar-refractivity contribution in [1.82, 2.24) is 4.90 Å². The summed E-state index contributed by atoms with van der Waals surface area (Å²) < 4.78 is 10.8. The van der Waals surface area contributed by atoms with E-state index in [9.17, 15) is 4.79 Å². The van der Waals surface area contributed by atoms with Crippen molar-refractivity contribution in [2.24, 2.45) is 5.73 Å². The molecule has 0 unspecified atom stereocenters. The van der Waals surface area contributed by atoms with Gasteiger partial charge >= 0.3 is 0 Å². The number of ether oxygens (including phenoxy) is 2. The molecule has 100 valence electrons. The first-order valence-electron chi connectivity index (χ1n) is 5.91. The van der Waals surface area contributed by atoms with Crippen LogP contribution in [-0.2, 0) is 14.3 Å². The number of carbonyl (C=O) groups is 1. The van der Waals surface area contributed by atoms with Crippen LogP contribution in [0, 0.1) is 0 Å². The van der Waals surface area contributed by atoms with Gasteiger partial charge in [-0.15, -0.1) is 12.4 Å². The summed E-state index contributed by atoms with van der Waals surface area (Å²) in [5.41, 5.74) is 5.52. The molecule has 2 saturated heterocycles. The Balaban J connectivity index is 0.00000144. The highest BCUT2D eigenvalue weighted by Gasteiger charge is 2.35. The van der Waals surface area contributed by atoms with Gasteiger partial charge in [-0.2, -0.15) is 0 Å². The molecule has 5 nitrogen and oxygen atoms in total. The lowest BCUT2D eigenvalue weighted by atomic mass is 10.2. The van der Waals surface area contributed by atoms with Gasteiger partial charge in [0.25, 0.3) is 5.91 Å². The standard InChI is InChI=1S/C11H20N2O3.ClH/c1-15-9-4-5-13(7-9)11(14)10-3-2-8(6-12)16-10;/h8-10H,2-7,12H2,1H3;1H/t8-,9+,10+;/m1./s1. The molecule has 1 amide bonds. The van der Waals surface area contributed by atoms with E-state index in [0.29, 0.717) is 13.1 Å². The number of nitrogens with two attached hydrogens (primary N) is 1. The molecule has 0 bridgehead atoms. The average molecular weight is 265 g/mol. The van der Waals surface area contributed by atoms with Gasteiger partial charge in [-0.3, -0.25) is 4.79 Å². The van der Waals surface area contributed by atoms with Crippen LogP contribution in [0.5, 0.6) is 0 Å². The lowest BCUT2D eigenvalue weighted by Gasteiger charge is -2.20. The third-order valence-electron chi connectivity index (χ3n) is 3.44. The monoisotopic (exact) mass is 264 g/mol. The summed E-state index contributed by atoms with van der Waals surface area (Å²) >= 11 is 0. The van der Waals surface area contributed by atoms with E-state index >= 15 is 0 Å². The number of likely N-dealkylation sites (tertiary alicyclic amines) is 1. The summed E-state index contributed by atoms with van der Waals surface area (Å²) in [6.07, 6.45) is 2.60. The van der Waals surface area contributed by atoms with E-state index in [1.807, 2.05) is 4.90 Å². The van der Waals surface area contributed by atoms with Crippen molar-refractivity contribution < 1.29 is 14.3 Å². The molecule has 0 aromatic rings. The summed E-state index contributed by atoms with van der Waals surface area (Å²) in [5, 5.41) is 0. The highest BCUT2D eigenvalue weighted by Crippen LogP contribution is 2.23. The number of methoxy groups -OCH3 is 1.